The van der Waals surface area contributed by atoms with Crippen molar-refractivity contribution >= 4 is 0 Å². The summed E-state index contributed by atoms with van der Waals surface area (Å²) in [4.78, 5) is 0. The zero-order valence-electron chi connectivity index (χ0n) is 12.0. The SMILES string of the molecule is CNC1CCCC1Oc1cc(C(C)C)ccc1C. The molecular weight excluding hydrogens is 222 g/mol. The predicted molar refractivity (Wildman–Crippen MR) is 76.4 cm³/mol. The molecule has 100 valence electrons. The molecule has 1 aliphatic carbocycles. The molecule has 2 heteroatoms. The van der Waals surface area contributed by atoms with Gasteiger partial charge in [-0.05, 0) is 56.3 Å². The number of nitrogens with one attached hydrogen (secondary N) is 1. The minimum atomic E-state index is 0.330. The lowest BCUT2D eigenvalue weighted by Crippen LogP contribution is -2.36. The van der Waals surface area contributed by atoms with Gasteiger partial charge < -0.3 is 10.1 Å². The molecule has 0 spiro atoms. The molecule has 1 N–H and O–H groups in total. The zero-order valence-corrected chi connectivity index (χ0v) is 12.0. The third-order valence-electron chi connectivity index (χ3n) is 3.98. The Morgan fingerprint density at radius 1 is 1.28 bits per heavy atom. The maximum Gasteiger partial charge on any atom is 0.122 e. The molecule has 0 amide bonds. The molecule has 0 bridgehead atoms. The molecule has 1 saturated carbocycles. The van der Waals surface area contributed by atoms with Crippen molar-refractivity contribution in [2.45, 2.75) is 58.1 Å². The van der Waals surface area contributed by atoms with Gasteiger partial charge in [0.2, 0.25) is 0 Å². The first kappa shape index (κ1) is 13.4. The molecule has 0 saturated heterocycles. The molecule has 1 fully saturated rings. The van der Waals surface area contributed by atoms with Crippen LogP contribution in [0.25, 0.3) is 0 Å². The number of ether oxygens (including phenoxy) is 1. The van der Waals surface area contributed by atoms with Crippen molar-refractivity contribution in [3.05, 3.63) is 29.3 Å². The third kappa shape index (κ3) is 2.86. The fraction of sp³-hybridized carbons (Fsp3) is 0.625. The van der Waals surface area contributed by atoms with E-state index in [1.54, 1.807) is 0 Å². The molecule has 1 aliphatic rings. The van der Waals surface area contributed by atoms with Crippen molar-refractivity contribution in [1.29, 1.82) is 0 Å². The van der Waals surface area contributed by atoms with Crippen molar-refractivity contribution in [1.82, 2.24) is 5.32 Å². The normalized spacial score (nSPS) is 23.6. The second kappa shape index (κ2) is 5.75. The number of benzene rings is 1. The largest absolute Gasteiger partial charge is 0.489 e. The molecule has 1 aromatic carbocycles. The van der Waals surface area contributed by atoms with Gasteiger partial charge in [0.05, 0.1) is 0 Å². The average Bonchev–Trinajstić information content (AvgIpc) is 2.79. The van der Waals surface area contributed by atoms with Gasteiger partial charge in [-0.25, -0.2) is 0 Å². The number of hydrogen-bond acceptors (Lipinski definition) is 2. The number of likely N-dealkylation sites (N-methyl/N-ethyl adjacent to an activating group) is 1. The van der Waals surface area contributed by atoms with E-state index in [0.29, 0.717) is 18.1 Å². The molecule has 2 atom stereocenters. The van der Waals surface area contributed by atoms with Crippen LogP contribution in [-0.2, 0) is 0 Å². The van der Waals surface area contributed by atoms with E-state index in [-0.39, 0.29) is 0 Å². The standard InChI is InChI=1S/C16H25NO/c1-11(2)13-9-8-12(3)16(10-13)18-15-7-5-6-14(15)17-4/h8-11,14-15,17H,5-7H2,1-4H3. The van der Waals surface area contributed by atoms with Crippen molar-refractivity contribution in [2.24, 2.45) is 0 Å². The molecule has 2 nitrogen and oxygen atoms in total. The molecule has 0 aromatic heterocycles. The zero-order chi connectivity index (χ0) is 13.1. The van der Waals surface area contributed by atoms with E-state index in [9.17, 15) is 0 Å². The van der Waals surface area contributed by atoms with Crippen LogP contribution in [0.15, 0.2) is 18.2 Å². The van der Waals surface area contributed by atoms with Crippen LogP contribution >= 0.6 is 0 Å². The van der Waals surface area contributed by atoms with Crippen molar-refractivity contribution in [3.8, 4) is 5.75 Å². The van der Waals surface area contributed by atoms with Gasteiger partial charge >= 0.3 is 0 Å². The summed E-state index contributed by atoms with van der Waals surface area (Å²) >= 11 is 0. The maximum absolute atomic E-state index is 6.24. The highest BCUT2D eigenvalue weighted by molar-refractivity contribution is 5.38. The Kier molecular flexibility index (Phi) is 4.28. The smallest absolute Gasteiger partial charge is 0.122 e. The predicted octanol–water partition coefficient (Wildman–Crippen LogP) is 3.64. The minimum Gasteiger partial charge on any atom is -0.489 e. The topological polar surface area (TPSA) is 21.3 Å². The quantitative estimate of drug-likeness (QED) is 0.877. The van der Waals surface area contributed by atoms with E-state index in [4.69, 9.17) is 4.74 Å². The van der Waals surface area contributed by atoms with Crippen LogP contribution in [0.1, 0.15) is 50.2 Å². The molecule has 2 rings (SSSR count). The van der Waals surface area contributed by atoms with E-state index in [1.807, 2.05) is 7.05 Å². The van der Waals surface area contributed by atoms with Crippen LogP contribution in [-0.4, -0.2) is 19.2 Å². The lowest BCUT2D eigenvalue weighted by atomic mass is 10.0. The summed E-state index contributed by atoms with van der Waals surface area (Å²) in [5.74, 6) is 1.62. The second-order valence-electron chi connectivity index (χ2n) is 5.66. The van der Waals surface area contributed by atoms with E-state index in [0.717, 1.165) is 12.2 Å². The van der Waals surface area contributed by atoms with Crippen LogP contribution in [0.4, 0.5) is 0 Å². The fourth-order valence-electron chi connectivity index (χ4n) is 2.66. The Morgan fingerprint density at radius 2 is 2.06 bits per heavy atom. The van der Waals surface area contributed by atoms with Crippen LogP contribution in [0.3, 0.4) is 0 Å². The first-order chi connectivity index (χ1) is 8.61. The van der Waals surface area contributed by atoms with Gasteiger partial charge in [0.1, 0.15) is 11.9 Å². The second-order valence-corrected chi connectivity index (χ2v) is 5.66. The highest BCUT2D eigenvalue weighted by Crippen LogP contribution is 2.29. The van der Waals surface area contributed by atoms with Crippen molar-refractivity contribution in [3.63, 3.8) is 0 Å². The van der Waals surface area contributed by atoms with E-state index in [2.05, 4.69) is 44.3 Å². The summed E-state index contributed by atoms with van der Waals surface area (Å²) in [5.41, 5.74) is 2.59. The highest BCUT2D eigenvalue weighted by atomic mass is 16.5. The van der Waals surface area contributed by atoms with Crippen LogP contribution in [0.5, 0.6) is 5.75 Å². The summed E-state index contributed by atoms with van der Waals surface area (Å²) in [6.45, 7) is 6.57. The number of hydrogen-bond donors (Lipinski definition) is 1. The molecule has 18 heavy (non-hydrogen) atoms. The number of rotatable bonds is 4. The third-order valence-corrected chi connectivity index (χ3v) is 3.98. The summed E-state index contributed by atoms with van der Waals surface area (Å²) in [7, 11) is 2.03. The van der Waals surface area contributed by atoms with Gasteiger partial charge in [0, 0.05) is 6.04 Å². The minimum absolute atomic E-state index is 0.330. The van der Waals surface area contributed by atoms with E-state index in [1.165, 1.54) is 24.0 Å². The van der Waals surface area contributed by atoms with Gasteiger partial charge in [0.25, 0.3) is 0 Å². The molecule has 1 aromatic rings. The van der Waals surface area contributed by atoms with Gasteiger partial charge in [-0.15, -0.1) is 0 Å². The Balaban J connectivity index is 2.15. The first-order valence-corrected chi connectivity index (χ1v) is 7.06. The summed E-state index contributed by atoms with van der Waals surface area (Å²) in [6.07, 6.45) is 3.98. The summed E-state index contributed by atoms with van der Waals surface area (Å²) in [6, 6.07) is 7.10. The molecule has 0 radical (unpaired) electrons. The molecule has 2 unspecified atom stereocenters. The Labute approximate surface area is 111 Å². The molecular formula is C16H25NO. The monoisotopic (exact) mass is 247 g/mol. The fourth-order valence-corrected chi connectivity index (χ4v) is 2.66. The van der Waals surface area contributed by atoms with Gasteiger partial charge in [-0.2, -0.15) is 0 Å². The number of aryl methyl sites for hydroxylation is 1. The highest BCUT2D eigenvalue weighted by Gasteiger charge is 2.27. The van der Waals surface area contributed by atoms with Crippen LogP contribution < -0.4 is 10.1 Å². The molecule has 0 heterocycles. The van der Waals surface area contributed by atoms with E-state index < -0.39 is 0 Å². The Bertz CT molecular complexity index is 400. The van der Waals surface area contributed by atoms with Gasteiger partial charge in [-0.3, -0.25) is 0 Å². The average molecular weight is 247 g/mol. The van der Waals surface area contributed by atoms with Crippen LogP contribution in [0.2, 0.25) is 0 Å². The van der Waals surface area contributed by atoms with Crippen molar-refractivity contribution in [2.75, 3.05) is 7.05 Å². The summed E-state index contributed by atoms with van der Waals surface area (Å²) in [5, 5.41) is 3.37. The van der Waals surface area contributed by atoms with Gasteiger partial charge in [0.15, 0.2) is 0 Å². The molecule has 0 aliphatic heterocycles. The Hall–Kier alpha value is -1.02. The summed E-state index contributed by atoms with van der Waals surface area (Å²) < 4.78 is 6.24. The maximum atomic E-state index is 6.24. The lowest BCUT2D eigenvalue weighted by Gasteiger charge is -2.22. The van der Waals surface area contributed by atoms with Crippen molar-refractivity contribution < 1.29 is 4.74 Å². The van der Waals surface area contributed by atoms with Gasteiger partial charge in [-0.1, -0.05) is 26.0 Å². The van der Waals surface area contributed by atoms with E-state index >= 15 is 0 Å². The first-order valence-electron chi connectivity index (χ1n) is 7.06. The Morgan fingerprint density at radius 3 is 2.72 bits per heavy atom. The van der Waals surface area contributed by atoms with Crippen LogP contribution in [0, 0.1) is 6.92 Å². The lowest BCUT2D eigenvalue weighted by molar-refractivity contribution is 0.177.